The summed E-state index contributed by atoms with van der Waals surface area (Å²) >= 11 is 2.23. The molecule has 2 rings (SSSR count). The van der Waals surface area contributed by atoms with Crippen molar-refractivity contribution in [3.8, 4) is 0 Å². The van der Waals surface area contributed by atoms with Crippen molar-refractivity contribution in [1.29, 1.82) is 0 Å². The Labute approximate surface area is 131 Å². The van der Waals surface area contributed by atoms with Crippen molar-refractivity contribution in [1.82, 2.24) is 5.32 Å². The molecule has 1 atom stereocenters. The molecule has 0 radical (unpaired) electrons. The van der Waals surface area contributed by atoms with Gasteiger partial charge in [0.1, 0.15) is 11.6 Å². The Morgan fingerprint density at radius 1 is 1.15 bits per heavy atom. The van der Waals surface area contributed by atoms with Gasteiger partial charge in [0.2, 0.25) is 0 Å². The minimum Gasteiger partial charge on any atom is -0.306 e. The SMILES string of the molecule is CCNC(c1cccc(I)c1)c1cc(C)c(F)cc1F. The second-order valence-corrected chi connectivity index (χ2v) is 5.91. The molecule has 0 aliphatic carbocycles. The van der Waals surface area contributed by atoms with Crippen LogP contribution in [0.2, 0.25) is 0 Å². The van der Waals surface area contributed by atoms with E-state index in [0.29, 0.717) is 17.7 Å². The van der Waals surface area contributed by atoms with Gasteiger partial charge in [0.15, 0.2) is 0 Å². The third kappa shape index (κ3) is 3.35. The van der Waals surface area contributed by atoms with E-state index in [9.17, 15) is 8.78 Å². The molecule has 0 amide bonds. The predicted molar refractivity (Wildman–Crippen MR) is 85.8 cm³/mol. The van der Waals surface area contributed by atoms with Crippen LogP contribution in [-0.4, -0.2) is 6.54 Å². The summed E-state index contributed by atoms with van der Waals surface area (Å²) in [6, 6.07) is 10.2. The molecule has 0 bridgehead atoms. The van der Waals surface area contributed by atoms with Gasteiger partial charge in [-0.2, -0.15) is 0 Å². The molecule has 1 nitrogen and oxygen atoms in total. The van der Waals surface area contributed by atoms with Gasteiger partial charge in [0.05, 0.1) is 6.04 Å². The number of nitrogens with one attached hydrogen (secondary N) is 1. The Balaban J connectivity index is 2.51. The topological polar surface area (TPSA) is 12.0 Å². The molecule has 20 heavy (non-hydrogen) atoms. The van der Waals surface area contributed by atoms with Gasteiger partial charge in [-0.05, 0) is 65.4 Å². The van der Waals surface area contributed by atoms with E-state index in [0.717, 1.165) is 15.2 Å². The summed E-state index contributed by atoms with van der Waals surface area (Å²) in [4.78, 5) is 0. The summed E-state index contributed by atoms with van der Waals surface area (Å²) in [6.07, 6.45) is 0. The molecular formula is C16H16F2IN. The van der Waals surface area contributed by atoms with Crippen LogP contribution in [0.4, 0.5) is 8.78 Å². The summed E-state index contributed by atoms with van der Waals surface area (Å²) in [5.74, 6) is -1.03. The highest BCUT2D eigenvalue weighted by molar-refractivity contribution is 14.1. The van der Waals surface area contributed by atoms with Crippen molar-refractivity contribution < 1.29 is 8.78 Å². The Morgan fingerprint density at radius 2 is 1.90 bits per heavy atom. The lowest BCUT2D eigenvalue weighted by Gasteiger charge is -2.20. The maximum Gasteiger partial charge on any atom is 0.131 e. The van der Waals surface area contributed by atoms with Gasteiger partial charge in [-0.3, -0.25) is 0 Å². The number of aryl methyl sites for hydroxylation is 1. The van der Waals surface area contributed by atoms with E-state index >= 15 is 0 Å². The lowest BCUT2D eigenvalue weighted by Crippen LogP contribution is -2.23. The molecule has 1 N–H and O–H groups in total. The van der Waals surface area contributed by atoms with Gasteiger partial charge >= 0.3 is 0 Å². The van der Waals surface area contributed by atoms with E-state index in [1.807, 2.05) is 31.2 Å². The van der Waals surface area contributed by atoms with Crippen LogP contribution in [0.25, 0.3) is 0 Å². The van der Waals surface area contributed by atoms with Crippen LogP contribution in [0.3, 0.4) is 0 Å². The van der Waals surface area contributed by atoms with Gasteiger partial charge < -0.3 is 5.32 Å². The second-order valence-electron chi connectivity index (χ2n) is 4.67. The first-order valence-electron chi connectivity index (χ1n) is 6.47. The molecule has 0 heterocycles. The predicted octanol–water partition coefficient (Wildman–Crippen LogP) is 4.58. The fourth-order valence-corrected chi connectivity index (χ4v) is 2.77. The van der Waals surface area contributed by atoms with Crippen molar-refractivity contribution in [2.24, 2.45) is 0 Å². The Kier molecular flexibility index (Phi) is 5.10. The molecule has 0 fully saturated rings. The number of hydrogen-bond acceptors (Lipinski definition) is 1. The maximum absolute atomic E-state index is 14.1. The molecule has 0 saturated heterocycles. The van der Waals surface area contributed by atoms with Crippen molar-refractivity contribution in [2.45, 2.75) is 19.9 Å². The van der Waals surface area contributed by atoms with E-state index < -0.39 is 11.6 Å². The van der Waals surface area contributed by atoms with Gasteiger partial charge in [0, 0.05) is 15.2 Å². The zero-order valence-electron chi connectivity index (χ0n) is 11.4. The monoisotopic (exact) mass is 387 g/mol. The fourth-order valence-electron chi connectivity index (χ4n) is 2.20. The average Bonchev–Trinajstić information content (AvgIpc) is 2.40. The Bertz CT molecular complexity index is 613. The van der Waals surface area contributed by atoms with Crippen molar-refractivity contribution in [2.75, 3.05) is 6.54 Å². The van der Waals surface area contributed by atoms with Crippen LogP contribution in [0.15, 0.2) is 36.4 Å². The van der Waals surface area contributed by atoms with Crippen molar-refractivity contribution in [3.05, 3.63) is 68.3 Å². The molecule has 0 aliphatic rings. The van der Waals surface area contributed by atoms with E-state index in [4.69, 9.17) is 0 Å². The highest BCUT2D eigenvalue weighted by Gasteiger charge is 2.19. The van der Waals surface area contributed by atoms with E-state index in [1.54, 1.807) is 13.0 Å². The summed E-state index contributed by atoms with van der Waals surface area (Å²) in [6.45, 7) is 4.32. The normalized spacial score (nSPS) is 12.4. The van der Waals surface area contributed by atoms with Crippen LogP contribution in [0, 0.1) is 22.1 Å². The molecule has 0 spiro atoms. The molecule has 4 heteroatoms. The molecule has 0 saturated carbocycles. The highest BCUT2D eigenvalue weighted by atomic mass is 127. The minimum absolute atomic E-state index is 0.269. The van der Waals surface area contributed by atoms with E-state index in [2.05, 4.69) is 27.9 Å². The molecule has 0 aromatic heterocycles. The molecule has 2 aromatic rings. The van der Waals surface area contributed by atoms with Crippen molar-refractivity contribution in [3.63, 3.8) is 0 Å². The zero-order chi connectivity index (χ0) is 14.7. The maximum atomic E-state index is 14.1. The van der Waals surface area contributed by atoms with Crippen LogP contribution >= 0.6 is 22.6 Å². The molecule has 1 unspecified atom stereocenters. The molecule has 2 aromatic carbocycles. The van der Waals surface area contributed by atoms with Crippen LogP contribution in [0.5, 0.6) is 0 Å². The van der Waals surface area contributed by atoms with Gasteiger partial charge in [-0.1, -0.05) is 19.1 Å². The smallest absolute Gasteiger partial charge is 0.131 e. The van der Waals surface area contributed by atoms with Crippen LogP contribution in [-0.2, 0) is 0 Å². The third-order valence-corrected chi connectivity index (χ3v) is 3.85. The molecular weight excluding hydrogens is 371 g/mol. The first-order chi connectivity index (χ1) is 9.52. The summed E-state index contributed by atoms with van der Waals surface area (Å²) < 4.78 is 28.6. The summed E-state index contributed by atoms with van der Waals surface area (Å²) in [5.41, 5.74) is 1.91. The van der Waals surface area contributed by atoms with Crippen LogP contribution < -0.4 is 5.32 Å². The number of rotatable bonds is 4. The van der Waals surface area contributed by atoms with E-state index in [-0.39, 0.29) is 6.04 Å². The average molecular weight is 387 g/mol. The number of benzene rings is 2. The van der Waals surface area contributed by atoms with Gasteiger partial charge in [0.25, 0.3) is 0 Å². The minimum atomic E-state index is -0.516. The third-order valence-electron chi connectivity index (χ3n) is 3.18. The standard InChI is InChI=1S/C16H16F2IN/c1-3-20-16(11-5-4-6-12(19)8-11)13-7-10(2)14(17)9-15(13)18/h4-9,16,20H,3H2,1-2H3. The summed E-state index contributed by atoms with van der Waals surface area (Å²) in [7, 11) is 0. The fraction of sp³-hybridized carbons (Fsp3) is 0.250. The van der Waals surface area contributed by atoms with E-state index in [1.165, 1.54) is 0 Å². The lowest BCUT2D eigenvalue weighted by atomic mass is 9.96. The second kappa shape index (κ2) is 6.63. The first kappa shape index (κ1) is 15.4. The van der Waals surface area contributed by atoms with Crippen molar-refractivity contribution >= 4 is 22.6 Å². The quantitative estimate of drug-likeness (QED) is 0.758. The molecule has 0 aliphatic heterocycles. The van der Waals surface area contributed by atoms with Gasteiger partial charge in [-0.25, -0.2) is 8.78 Å². The lowest BCUT2D eigenvalue weighted by molar-refractivity contribution is 0.537. The highest BCUT2D eigenvalue weighted by Crippen LogP contribution is 2.27. The van der Waals surface area contributed by atoms with Gasteiger partial charge in [-0.15, -0.1) is 0 Å². The number of hydrogen-bond donors (Lipinski definition) is 1. The largest absolute Gasteiger partial charge is 0.306 e. The Morgan fingerprint density at radius 3 is 2.55 bits per heavy atom. The first-order valence-corrected chi connectivity index (χ1v) is 7.55. The molecule has 106 valence electrons. The number of halogens is 3. The summed E-state index contributed by atoms with van der Waals surface area (Å²) in [5, 5.41) is 3.26. The zero-order valence-corrected chi connectivity index (χ0v) is 13.5. The Hall–Kier alpha value is -1.01. The van der Waals surface area contributed by atoms with Crippen LogP contribution in [0.1, 0.15) is 29.7 Å².